The van der Waals surface area contributed by atoms with Gasteiger partial charge < -0.3 is 10.6 Å². The number of amides is 2. The first-order valence-corrected chi connectivity index (χ1v) is 7.88. The van der Waals surface area contributed by atoms with Gasteiger partial charge in [0.05, 0.1) is 12.1 Å². The first kappa shape index (κ1) is 18.9. The van der Waals surface area contributed by atoms with Gasteiger partial charge in [-0.05, 0) is 39.3 Å². The molecule has 1 saturated heterocycles. The topological polar surface area (TPSA) is 78.5 Å². The molecule has 0 aliphatic carbocycles. The summed E-state index contributed by atoms with van der Waals surface area (Å²) in [6, 6.07) is -1.13. The fraction of sp³-hybridized carbons (Fsp3) is 0.588. The Bertz CT molecular complexity index is 496. The normalized spacial score (nSPS) is 18.7. The van der Waals surface area contributed by atoms with E-state index in [-0.39, 0.29) is 18.4 Å². The third kappa shape index (κ3) is 5.87. The molecule has 0 aromatic heterocycles. The molecule has 126 valence electrons. The molecular weight excluding hydrogens is 294 g/mol. The van der Waals surface area contributed by atoms with E-state index in [4.69, 9.17) is 6.42 Å². The van der Waals surface area contributed by atoms with E-state index in [1.807, 2.05) is 11.9 Å². The Kier molecular flexibility index (Phi) is 8.06. The predicted molar refractivity (Wildman–Crippen MR) is 88.5 cm³/mol. The molecule has 0 radical (unpaired) electrons. The summed E-state index contributed by atoms with van der Waals surface area (Å²) in [5, 5.41) is 5.21. The summed E-state index contributed by atoms with van der Waals surface area (Å²) in [6.07, 6.45) is 9.73. The molecule has 1 rings (SSSR count). The van der Waals surface area contributed by atoms with Crippen LogP contribution in [-0.2, 0) is 14.4 Å². The quantitative estimate of drug-likeness (QED) is 0.276. The van der Waals surface area contributed by atoms with Gasteiger partial charge in [-0.25, -0.2) is 0 Å². The third-order valence-electron chi connectivity index (χ3n) is 3.89. The van der Waals surface area contributed by atoms with Crippen LogP contribution in [0.15, 0.2) is 12.7 Å². The van der Waals surface area contributed by atoms with Crippen molar-refractivity contribution in [3.63, 3.8) is 0 Å². The molecule has 0 bridgehead atoms. The summed E-state index contributed by atoms with van der Waals surface area (Å²) < 4.78 is 0. The Morgan fingerprint density at radius 2 is 2.22 bits per heavy atom. The average Bonchev–Trinajstić information content (AvgIpc) is 2.96. The van der Waals surface area contributed by atoms with E-state index in [0.29, 0.717) is 19.4 Å². The summed E-state index contributed by atoms with van der Waals surface area (Å²) in [5.74, 6) is 0.860. The van der Waals surface area contributed by atoms with Gasteiger partial charge in [0.2, 0.25) is 11.7 Å². The minimum atomic E-state index is -0.878. The van der Waals surface area contributed by atoms with Gasteiger partial charge in [0.1, 0.15) is 0 Å². The Morgan fingerprint density at radius 1 is 1.48 bits per heavy atom. The number of hydrogen-bond acceptors (Lipinski definition) is 4. The molecule has 1 fully saturated rings. The van der Waals surface area contributed by atoms with Crippen molar-refractivity contribution in [2.24, 2.45) is 0 Å². The lowest BCUT2D eigenvalue weighted by molar-refractivity contribution is -0.140. The van der Waals surface area contributed by atoms with Crippen LogP contribution < -0.4 is 10.6 Å². The van der Waals surface area contributed by atoms with Crippen LogP contribution in [0.1, 0.15) is 32.1 Å². The monoisotopic (exact) mass is 319 g/mol. The standard InChI is InChI=1S/C17H25N3O3/c1-4-6-9-13(15(21)17(23)18-11-7-5-2)19-16(22)14-10-8-12-20(14)3/h1,5,13-14H,2,6-12H2,3H3,(H,18,23)(H,19,22). The predicted octanol–water partition coefficient (Wildman–Crippen LogP) is 0.240. The van der Waals surface area contributed by atoms with Gasteiger partial charge in [-0.3, -0.25) is 19.3 Å². The second kappa shape index (κ2) is 9.80. The van der Waals surface area contributed by atoms with E-state index in [2.05, 4.69) is 23.1 Å². The molecule has 2 amide bonds. The van der Waals surface area contributed by atoms with Crippen molar-refractivity contribution >= 4 is 17.6 Å². The number of carbonyl (C=O) groups excluding carboxylic acids is 3. The molecule has 6 heteroatoms. The number of likely N-dealkylation sites (tertiary alicyclic amines) is 1. The maximum atomic E-state index is 12.3. The van der Waals surface area contributed by atoms with Crippen LogP contribution in [0.4, 0.5) is 0 Å². The lowest BCUT2D eigenvalue weighted by Gasteiger charge is -2.22. The van der Waals surface area contributed by atoms with Gasteiger partial charge >= 0.3 is 0 Å². The molecule has 1 aliphatic heterocycles. The van der Waals surface area contributed by atoms with Gasteiger partial charge in [0.15, 0.2) is 0 Å². The van der Waals surface area contributed by atoms with Crippen LogP contribution in [0.5, 0.6) is 0 Å². The summed E-state index contributed by atoms with van der Waals surface area (Å²) in [4.78, 5) is 38.4. The number of carbonyl (C=O) groups is 3. The highest BCUT2D eigenvalue weighted by Gasteiger charge is 2.32. The maximum absolute atomic E-state index is 12.3. The van der Waals surface area contributed by atoms with Gasteiger partial charge in [-0.1, -0.05) is 6.08 Å². The van der Waals surface area contributed by atoms with Crippen LogP contribution >= 0.6 is 0 Å². The number of Topliss-reactive ketones (excluding diaryl/α,β-unsaturated/α-hetero) is 1. The van der Waals surface area contributed by atoms with Gasteiger partial charge in [-0.2, -0.15) is 0 Å². The molecule has 0 spiro atoms. The molecule has 1 heterocycles. The summed E-state index contributed by atoms with van der Waals surface area (Å²) in [5.41, 5.74) is 0. The second-order valence-corrected chi connectivity index (χ2v) is 5.64. The minimum absolute atomic E-state index is 0.223. The largest absolute Gasteiger partial charge is 0.349 e. The molecule has 0 aromatic carbocycles. The van der Waals surface area contributed by atoms with E-state index in [1.165, 1.54) is 0 Å². The Balaban J connectivity index is 2.65. The van der Waals surface area contributed by atoms with Crippen molar-refractivity contribution in [3.05, 3.63) is 12.7 Å². The minimum Gasteiger partial charge on any atom is -0.349 e. The van der Waals surface area contributed by atoms with Gasteiger partial charge in [-0.15, -0.1) is 18.9 Å². The smallest absolute Gasteiger partial charge is 0.289 e. The summed E-state index contributed by atoms with van der Waals surface area (Å²) >= 11 is 0. The van der Waals surface area contributed by atoms with Crippen LogP contribution in [0, 0.1) is 12.3 Å². The Labute approximate surface area is 137 Å². The van der Waals surface area contributed by atoms with Crippen molar-refractivity contribution in [2.45, 2.75) is 44.2 Å². The van der Waals surface area contributed by atoms with Gasteiger partial charge in [0.25, 0.3) is 5.91 Å². The zero-order chi connectivity index (χ0) is 17.2. The van der Waals surface area contributed by atoms with Gasteiger partial charge in [0, 0.05) is 13.0 Å². The lowest BCUT2D eigenvalue weighted by Crippen LogP contribution is -2.52. The number of hydrogen-bond donors (Lipinski definition) is 2. The fourth-order valence-electron chi connectivity index (χ4n) is 2.54. The molecule has 0 saturated carbocycles. The molecule has 2 unspecified atom stereocenters. The molecule has 2 atom stereocenters. The van der Waals surface area contributed by atoms with E-state index >= 15 is 0 Å². The first-order valence-electron chi connectivity index (χ1n) is 7.88. The molecule has 23 heavy (non-hydrogen) atoms. The molecule has 0 aromatic rings. The molecular formula is C17H25N3O3. The number of rotatable bonds is 9. The van der Waals surface area contributed by atoms with Crippen molar-refractivity contribution in [2.75, 3.05) is 20.1 Å². The third-order valence-corrected chi connectivity index (χ3v) is 3.89. The molecule has 6 nitrogen and oxygen atoms in total. The van der Waals surface area contributed by atoms with Crippen LogP contribution in [0.25, 0.3) is 0 Å². The van der Waals surface area contributed by atoms with Crippen molar-refractivity contribution in [1.82, 2.24) is 15.5 Å². The fourth-order valence-corrected chi connectivity index (χ4v) is 2.54. The van der Waals surface area contributed by atoms with E-state index in [0.717, 1.165) is 19.4 Å². The average molecular weight is 319 g/mol. The number of ketones is 1. The SMILES string of the molecule is C#CCCC(NC(=O)C1CCCN1C)C(=O)C(=O)NCCC=C. The van der Waals surface area contributed by atoms with Crippen molar-refractivity contribution < 1.29 is 14.4 Å². The molecule has 2 N–H and O–H groups in total. The second-order valence-electron chi connectivity index (χ2n) is 5.64. The number of terminal acetylenes is 1. The van der Waals surface area contributed by atoms with Crippen molar-refractivity contribution in [1.29, 1.82) is 0 Å². The van der Waals surface area contributed by atoms with Crippen LogP contribution in [0.3, 0.4) is 0 Å². The zero-order valence-corrected chi connectivity index (χ0v) is 13.6. The Morgan fingerprint density at radius 3 is 2.78 bits per heavy atom. The molecule has 1 aliphatic rings. The van der Waals surface area contributed by atoms with E-state index in [9.17, 15) is 14.4 Å². The lowest BCUT2D eigenvalue weighted by atomic mass is 10.0. The van der Waals surface area contributed by atoms with Crippen molar-refractivity contribution in [3.8, 4) is 12.3 Å². The summed E-state index contributed by atoms with van der Waals surface area (Å²) in [7, 11) is 1.87. The highest BCUT2D eigenvalue weighted by Crippen LogP contribution is 2.15. The van der Waals surface area contributed by atoms with Crippen LogP contribution in [-0.4, -0.2) is 54.7 Å². The zero-order valence-electron chi connectivity index (χ0n) is 13.6. The Hall–Kier alpha value is -2.13. The maximum Gasteiger partial charge on any atom is 0.289 e. The van der Waals surface area contributed by atoms with E-state index < -0.39 is 17.7 Å². The van der Waals surface area contributed by atoms with Crippen LogP contribution in [0.2, 0.25) is 0 Å². The highest BCUT2D eigenvalue weighted by atomic mass is 16.2. The number of nitrogens with zero attached hydrogens (tertiary/aromatic N) is 1. The first-order chi connectivity index (χ1) is 11.0. The summed E-state index contributed by atoms with van der Waals surface area (Å²) in [6.45, 7) is 4.74. The number of nitrogens with one attached hydrogen (secondary N) is 2. The van der Waals surface area contributed by atoms with E-state index in [1.54, 1.807) is 6.08 Å². The number of likely N-dealkylation sites (N-methyl/N-ethyl adjacent to an activating group) is 1. The highest BCUT2D eigenvalue weighted by molar-refractivity contribution is 6.38.